The first-order chi connectivity index (χ1) is 10.1. The van der Waals surface area contributed by atoms with E-state index in [9.17, 15) is 9.59 Å². The Bertz CT molecular complexity index is 490. The molecule has 2 amide bonds. The molecule has 1 aliphatic rings. The number of likely N-dealkylation sites (tertiary alicyclic amines) is 1. The van der Waals surface area contributed by atoms with Gasteiger partial charge in [0.15, 0.2) is 0 Å². The minimum atomic E-state index is -0.828. The summed E-state index contributed by atoms with van der Waals surface area (Å²) in [5.74, 6) is -0.296. The molecule has 0 spiro atoms. The Morgan fingerprint density at radius 3 is 2.62 bits per heavy atom. The summed E-state index contributed by atoms with van der Waals surface area (Å²) in [6.07, 6.45) is 1.57. The smallest absolute Gasteiger partial charge is 0.324 e. The first kappa shape index (κ1) is 15.4. The monoisotopic (exact) mass is 290 g/mol. The highest BCUT2D eigenvalue weighted by molar-refractivity contribution is 5.92. The third kappa shape index (κ3) is 4.21. The average molecular weight is 290 g/mol. The van der Waals surface area contributed by atoms with Gasteiger partial charge in [-0.3, -0.25) is 9.69 Å². The molecular weight excluding hydrogens is 268 g/mol. The molecule has 1 N–H and O–H groups in total. The first-order valence-corrected chi connectivity index (χ1v) is 7.41. The summed E-state index contributed by atoms with van der Waals surface area (Å²) < 4.78 is 0. The van der Waals surface area contributed by atoms with Crippen LogP contribution < -0.4 is 4.90 Å². The zero-order chi connectivity index (χ0) is 15.2. The number of carboxylic acids is 1. The summed E-state index contributed by atoms with van der Waals surface area (Å²) in [4.78, 5) is 26.9. The Hall–Kier alpha value is -2.04. The molecule has 0 saturated carbocycles. The van der Waals surface area contributed by atoms with Crippen LogP contribution in [0.1, 0.15) is 26.2 Å². The quantitative estimate of drug-likeness (QED) is 0.907. The maximum atomic E-state index is 12.7. The van der Waals surface area contributed by atoms with E-state index in [2.05, 4.69) is 6.92 Å². The maximum Gasteiger partial charge on any atom is 0.324 e. The molecule has 1 aliphatic heterocycles. The van der Waals surface area contributed by atoms with Crippen molar-refractivity contribution in [1.82, 2.24) is 4.90 Å². The summed E-state index contributed by atoms with van der Waals surface area (Å²) in [5.41, 5.74) is 0.826. The normalized spacial score (nSPS) is 17.8. The molecule has 5 heteroatoms. The van der Waals surface area contributed by atoms with Gasteiger partial charge in [0, 0.05) is 31.7 Å². The van der Waals surface area contributed by atoms with Gasteiger partial charge in [-0.15, -0.1) is 0 Å². The molecule has 21 heavy (non-hydrogen) atoms. The second-order valence-corrected chi connectivity index (χ2v) is 5.61. The predicted octanol–water partition coefficient (Wildman–Crippen LogP) is 2.82. The number of carbonyl (C=O) groups excluding carboxylic acids is 1. The van der Waals surface area contributed by atoms with E-state index in [0.717, 1.165) is 25.2 Å². The molecule has 1 atom stereocenters. The lowest BCUT2D eigenvalue weighted by Crippen LogP contribution is -2.42. The number of benzene rings is 1. The number of rotatable bonds is 5. The third-order valence-electron chi connectivity index (χ3n) is 3.77. The number of urea groups is 1. The Balaban J connectivity index is 2.07. The van der Waals surface area contributed by atoms with Crippen LogP contribution in [0.4, 0.5) is 10.5 Å². The van der Waals surface area contributed by atoms with E-state index in [1.54, 1.807) is 4.90 Å². The van der Waals surface area contributed by atoms with Crippen molar-refractivity contribution in [3.8, 4) is 0 Å². The fourth-order valence-electron chi connectivity index (χ4n) is 2.61. The second kappa shape index (κ2) is 7.11. The molecule has 0 aromatic heterocycles. The molecule has 1 aromatic rings. The van der Waals surface area contributed by atoms with Gasteiger partial charge < -0.3 is 10.0 Å². The summed E-state index contributed by atoms with van der Waals surface area (Å²) in [6.45, 7) is 4.13. The second-order valence-electron chi connectivity index (χ2n) is 5.61. The van der Waals surface area contributed by atoms with Crippen molar-refractivity contribution < 1.29 is 14.7 Å². The Labute approximate surface area is 125 Å². The van der Waals surface area contributed by atoms with E-state index < -0.39 is 5.97 Å². The van der Waals surface area contributed by atoms with Crippen molar-refractivity contribution in [2.75, 3.05) is 24.5 Å². The number of carbonyl (C=O) groups is 2. The molecule has 1 saturated heterocycles. The molecule has 1 unspecified atom stereocenters. The predicted molar refractivity (Wildman–Crippen MR) is 81.4 cm³/mol. The van der Waals surface area contributed by atoms with Crippen LogP contribution in [-0.2, 0) is 4.79 Å². The van der Waals surface area contributed by atoms with Crippen molar-refractivity contribution in [2.45, 2.75) is 26.2 Å². The molecule has 2 rings (SSSR count). The van der Waals surface area contributed by atoms with E-state index in [-0.39, 0.29) is 12.5 Å². The Morgan fingerprint density at radius 2 is 2.05 bits per heavy atom. The number of aliphatic carboxylic acids is 1. The SMILES string of the molecule is CC1CCN(C(=O)N(CCCC(=O)O)c2ccccc2)C1. The van der Waals surface area contributed by atoms with E-state index in [0.29, 0.717) is 18.9 Å². The van der Waals surface area contributed by atoms with Gasteiger partial charge >= 0.3 is 12.0 Å². The van der Waals surface area contributed by atoms with Crippen LogP contribution in [0, 0.1) is 5.92 Å². The van der Waals surface area contributed by atoms with Crippen molar-refractivity contribution in [1.29, 1.82) is 0 Å². The minimum absolute atomic E-state index is 0.0176. The highest BCUT2D eigenvalue weighted by Gasteiger charge is 2.27. The molecule has 0 radical (unpaired) electrons. The fraction of sp³-hybridized carbons (Fsp3) is 0.500. The molecule has 1 aromatic carbocycles. The van der Waals surface area contributed by atoms with Gasteiger partial charge in [-0.2, -0.15) is 0 Å². The molecule has 114 valence electrons. The number of hydrogen-bond donors (Lipinski definition) is 1. The number of hydrogen-bond acceptors (Lipinski definition) is 2. The lowest BCUT2D eigenvalue weighted by molar-refractivity contribution is -0.137. The maximum absolute atomic E-state index is 12.7. The zero-order valence-electron chi connectivity index (χ0n) is 12.4. The van der Waals surface area contributed by atoms with Crippen LogP contribution >= 0.6 is 0 Å². The van der Waals surface area contributed by atoms with Gasteiger partial charge in [0.25, 0.3) is 0 Å². The van der Waals surface area contributed by atoms with Crippen LogP contribution in [0.5, 0.6) is 0 Å². The van der Waals surface area contributed by atoms with Gasteiger partial charge in [-0.05, 0) is 30.9 Å². The average Bonchev–Trinajstić information content (AvgIpc) is 2.90. The lowest BCUT2D eigenvalue weighted by atomic mass is 10.2. The highest BCUT2D eigenvalue weighted by atomic mass is 16.4. The summed E-state index contributed by atoms with van der Waals surface area (Å²) in [7, 11) is 0. The highest BCUT2D eigenvalue weighted by Crippen LogP contribution is 2.21. The Morgan fingerprint density at radius 1 is 1.33 bits per heavy atom. The van der Waals surface area contributed by atoms with Crippen LogP contribution in [0.15, 0.2) is 30.3 Å². The van der Waals surface area contributed by atoms with Gasteiger partial charge in [-0.25, -0.2) is 4.79 Å². The summed E-state index contributed by atoms with van der Waals surface area (Å²) in [6, 6.07) is 9.44. The number of nitrogens with zero attached hydrogens (tertiary/aromatic N) is 2. The van der Waals surface area contributed by atoms with Crippen molar-refractivity contribution >= 4 is 17.7 Å². The standard InChI is InChI=1S/C16H22N2O3/c1-13-9-11-17(12-13)16(21)18(10-5-8-15(19)20)14-6-3-2-4-7-14/h2-4,6-7,13H,5,8-12H2,1H3,(H,19,20). The first-order valence-electron chi connectivity index (χ1n) is 7.41. The third-order valence-corrected chi connectivity index (χ3v) is 3.77. The van der Waals surface area contributed by atoms with E-state index in [1.807, 2.05) is 35.2 Å². The largest absolute Gasteiger partial charge is 0.481 e. The van der Waals surface area contributed by atoms with Crippen LogP contribution in [-0.4, -0.2) is 41.6 Å². The van der Waals surface area contributed by atoms with E-state index in [4.69, 9.17) is 5.11 Å². The van der Waals surface area contributed by atoms with Crippen molar-refractivity contribution in [3.05, 3.63) is 30.3 Å². The molecule has 0 aliphatic carbocycles. The van der Waals surface area contributed by atoms with Gasteiger partial charge in [0.2, 0.25) is 0 Å². The van der Waals surface area contributed by atoms with E-state index >= 15 is 0 Å². The number of carboxylic acid groups (broad SMARTS) is 1. The molecule has 5 nitrogen and oxygen atoms in total. The molecule has 1 heterocycles. The molecule has 1 fully saturated rings. The zero-order valence-corrected chi connectivity index (χ0v) is 12.4. The number of anilines is 1. The van der Waals surface area contributed by atoms with Gasteiger partial charge in [-0.1, -0.05) is 25.1 Å². The minimum Gasteiger partial charge on any atom is -0.481 e. The molecular formula is C16H22N2O3. The van der Waals surface area contributed by atoms with Gasteiger partial charge in [0.05, 0.1) is 0 Å². The fourth-order valence-corrected chi connectivity index (χ4v) is 2.61. The van der Waals surface area contributed by atoms with Crippen molar-refractivity contribution in [2.24, 2.45) is 5.92 Å². The topological polar surface area (TPSA) is 60.9 Å². The summed E-state index contributed by atoms with van der Waals surface area (Å²) >= 11 is 0. The van der Waals surface area contributed by atoms with Gasteiger partial charge in [0.1, 0.15) is 0 Å². The van der Waals surface area contributed by atoms with Crippen molar-refractivity contribution in [3.63, 3.8) is 0 Å². The Kier molecular flexibility index (Phi) is 5.20. The van der Waals surface area contributed by atoms with Crippen LogP contribution in [0.3, 0.4) is 0 Å². The number of amides is 2. The number of para-hydroxylation sites is 1. The lowest BCUT2D eigenvalue weighted by Gasteiger charge is -2.28. The molecule has 0 bridgehead atoms. The van der Waals surface area contributed by atoms with Crippen LogP contribution in [0.2, 0.25) is 0 Å². The van der Waals surface area contributed by atoms with Crippen LogP contribution in [0.25, 0.3) is 0 Å². The van der Waals surface area contributed by atoms with E-state index in [1.165, 1.54) is 0 Å². The summed E-state index contributed by atoms with van der Waals surface area (Å²) in [5, 5.41) is 8.77.